The maximum Gasteiger partial charge on any atom is 0.243 e. The van der Waals surface area contributed by atoms with Crippen molar-refractivity contribution in [3.63, 3.8) is 0 Å². The van der Waals surface area contributed by atoms with Crippen LogP contribution in [0.5, 0.6) is 0 Å². The van der Waals surface area contributed by atoms with Gasteiger partial charge in [-0.1, -0.05) is 64.1 Å². The summed E-state index contributed by atoms with van der Waals surface area (Å²) in [6.45, 7) is 6.75. The van der Waals surface area contributed by atoms with Crippen LogP contribution in [0.2, 0.25) is 0 Å². The van der Waals surface area contributed by atoms with Crippen molar-refractivity contribution in [2.24, 2.45) is 34.0 Å². The van der Waals surface area contributed by atoms with Gasteiger partial charge in [0, 0.05) is 77.8 Å². The predicted molar refractivity (Wildman–Crippen MR) is 240 cm³/mol. The molecular weight excluding hydrogens is 807 g/mol. The third-order valence-electron chi connectivity index (χ3n) is 10.7. The summed E-state index contributed by atoms with van der Waals surface area (Å²) in [5, 5.41) is 15.4. The average molecular weight is 866 g/mol. The fourth-order valence-electron chi connectivity index (χ4n) is 7.22. The molecule has 0 aliphatic heterocycles. The van der Waals surface area contributed by atoms with Crippen molar-refractivity contribution in [3.8, 4) is 0 Å². The van der Waals surface area contributed by atoms with Gasteiger partial charge in [-0.15, -0.1) is 0 Å². The molecule has 5 aromatic rings. The van der Waals surface area contributed by atoms with Crippen molar-refractivity contribution in [2.45, 2.75) is 90.0 Å². The summed E-state index contributed by atoms with van der Waals surface area (Å²) in [6, 6.07) is 9.67. The number of aromatic nitrogens is 4. The van der Waals surface area contributed by atoms with Crippen molar-refractivity contribution in [1.29, 1.82) is 0 Å². The van der Waals surface area contributed by atoms with Gasteiger partial charge in [0.25, 0.3) is 0 Å². The molecule has 1 unspecified atom stereocenters. The van der Waals surface area contributed by atoms with Crippen LogP contribution in [-0.2, 0) is 48.0 Å². The lowest BCUT2D eigenvalue weighted by molar-refractivity contribution is -0.134. The smallest absolute Gasteiger partial charge is 0.243 e. The molecule has 0 aliphatic carbocycles. The number of benzene rings is 2. The predicted octanol–water partition coefficient (Wildman–Crippen LogP) is 0.718. The number of carbonyl (C=O) groups is 6. The van der Waals surface area contributed by atoms with Gasteiger partial charge < -0.3 is 58.7 Å². The molecule has 5 rings (SSSR count). The van der Waals surface area contributed by atoms with Crippen LogP contribution in [0.15, 0.2) is 78.4 Å². The molecule has 0 fully saturated rings. The lowest BCUT2D eigenvalue weighted by atomic mass is 9.92. The minimum absolute atomic E-state index is 0.0451. The van der Waals surface area contributed by atoms with E-state index in [0.717, 1.165) is 32.9 Å². The molecule has 336 valence electrons. The van der Waals surface area contributed by atoms with E-state index in [0.29, 0.717) is 5.69 Å². The van der Waals surface area contributed by atoms with Gasteiger partial charge in [0.1, 0.15) is 18.1 Å². The number of nitrogens with two attached hydrogens (primary N) is 3. The molecule has 5 atom stereocenters. The van der Waals surface area contributed by atoms with E-state index in [1.165, 1.54) is 6.33 Å². The van der Waals surface area contributed by atoms with Crippen LogP contribution in [-0.4, -0.2) is 105 Å². The molecule has 0 spiro atoms. The minimum atomic E-state index is -1.21. The monoisotopic (exact) mass is 865 g/mol. The Morgan fingerprint density at radius 1 is 0.698 bits per heavy atom. The molecule has 14 N–H and O–H groups in total. The van der Waals surface area contributed by atoms with E-state index in [1.807, 2.05) is 62.4 Å². The van der Waals surface area contributed by atoms with Crippen molar-refractivity contribution >= 4 is 63.1 Å². The maximum atomic E-state index is 14.2. The molecule has 19 heteroatoms. The van der Waals surface area contributed by atoms with Crippen molar-refractivity contribution in [3.05, 3.63) is 90.3 Å². The van der Waals surface area contributed by atoms with Crippen LogP contribution in [0.4, 0.5) is 0 Å². The number of hydrogen-bond acceptors (Lipinski definition) is 9. The van der Waals surface area contributed by atoms with Crippen LogP contribution >= 0.6 is 0 Å². The van der Waals surface area contributed by atoms with Crippen LogP contribution < -0.4 is 43.8 Å². The zero-order valence-corrected chi connectivity index (χ0v) is 36.0. The molecule has 0 aliphatic rings. The zero-order valence-electron chi connectivity index (χ0n) is 36.0. The molecular formula is C44H59N13O6. The number of carbonyl (C=O) groups excluding carboxylic acids is 6. The van der Waals surface area contributed by atoms with E-state index in [9.17, 15) is 28.8 Å². The Balaban J connectivity index is 1.32. The molecule has 63 heavy (non-hydrogen) atoms. The first-order chi connectivity index (χ1) is 30.1. The molecule has 0 radical (unpaired) electrons. The van der Waals surface area contributed by atoms with E-state index in [1.54, 1.807) is 32.4 Å². The number of amides is 5. The number of imidazole rings is 1. The minimum Gasteiger partial charge on any atom is -0.370 e. The number of H-pyrrole nitrogens is 3. The number of rotatable bonds is 23. The Kier molecular flexibility index (Phi) is 16.6. The Labute approximate surface area is 365 Å². The van der Waals surface area contributed by atoms with Crippen LogP contribution in [0, 0.1) is 11.8 Å². The summed E-state index contributed by atoms with van der Waals surface area (Å²) < 4.78 is 0. The number of aromatic amines is 3. The first kappa shape index (κ1) is 47.0. The fourth-order valence-corrected chi connectivity index (χ4v) is 7.22. The quantitative estimate of drug-likeness (QED) is 0.0248. The van der Waals surface area contributed by atoms with Gasteiger partial charge in [-0.2, -0.15) is 0 Å². The average Bonchev–Trinajstić information content (AvgIpc) is 4.03. The second-order valence-electron chi connectivity index (χ2n) is 16.2. The van der Waals surface area contributed by atoms with Crippen molar-refractivity contribution in [2.75, 3.05) is 13.1 Å². The second kappa shape index (κ2) is 22.2. The van der Waals surface area contributed by atoms with Crippen LogP contribution in [0.1, 0.15) is 57.4 Å². The summed E-state index contributed by atoms with van der Waals surface area (Å²) in [4.78, 5) is 99.3. The summed E-state index contributed by atoms with van der Waals surface area (Å²) in [5.74, 6) is -4.11. The lowest BCUT2D eigenvalue weighted by Crippen LogP contribution is -2.58. The van der Waals surface area contributed by atoms with Gasteiger partial charge in [0.2, 0.25) is 29.5 Å². The SMILES string of the molecule is CC(C)C(=O)[C@@H](NC(=O)C(Cc1c[nH]c2ccccc12)NC(=O)CNC(=O)[C@H](CCCN=C(N)N)NC(=O)[C@H](Cc1c[nH]c2ccccc12)NC(=O)[C@@H](N)Cc1cnc[nH]1)C(C)C. The Hall–Kier alpha value is -7.02. The molecule has 0 saturated carbocycles. The standard InChI is InChI=1S/C44H59N13O6/c1-24(2)38(39(59)25(3)4)57-43(63)35(16-26-19-50-32-12-7-5-10-29(26)32)54-37(58)22-52-41(61)34(14-9-15-49-44(46)47)55-42(62)36(17-27-20-51-33-13-8-6-11-30(27)33)56-40(60)31(45)18-28-21-48-23-53-28/h5-8,10-13,19-21,23-25,31,34-36,38,50-51H,9,14-18,22,45H2,1-4H3,(H,48,53)(H,52,61)(H,54,58)(H,55,62)(H,56,60)(H,57,63)(H4,46,47,49)/t31-,34-,35?,36-,38-/m0/s1. The lowest BCUT2D eigenvalue weighted by Gasteiger charge is -2.26. The molecule has 0 bridgehead atoms. The van der Waals surface area contributed by atoms with E-state index in [4.69, 9.17) is 17.2 Å². The summed E-state index contributed by atoms with van der Waals surface area (Å²) in [5.41, 5.74) is 21.1. The molecule has 3 heterocycles. The number of aliphatic imine (C=N–C) groups is 1. The van der Waals surface area contributed by atoms with Gasteiger partial charge >= 0.3 is 0 Å². The van der Waals surface area contributed by atoms with Gasteiger partial charge in [0.05, 0.1) is 25.0 Å². The van der Waals surface area contributed by atoms with Gasteiger partial charge in [0.15, 0.2) is 11.7 Å². The number of hydrogen-bond donors (Lipinski definition) is 11. The Morgan fingerprint density at radius 3 is 1.83 bits per heavy atom. The highest BCUT2D eigenvalue weighted by Crippen LogP contribution is 2.21. The number of ketones is 1. The zero-order chi connectivity index (χ0) is 45.6. The third-order valence-corrected chi connectivity index (χ3v) is 10.7. The normalized spacial score (nSPS) is 13.8. The molecule has 5 amide bonds. The highest BCUT2D eigenvalue weighted by atomic mass is 16.2. The highest BCUT2D eigenvalue weighted by Gasteiger charge is 2.32. The summed E-state index contributed by atoms with van der Waals surface area (Å²) in [7, 11) is 0. The number of para-hydroxylation sites is 2. The molecule has 3 aromatic heterocycles. The summed E-state index contributed by atoms with van der Waals surface area (Å²) >= 11 is 0. The maximum absolute atomic E-state index is 14.2. The first-order valence-electron chi connectivity index (χ1n) is 21.0. The Bertz CT molecular complexity index is 2380. The second-order valence-corrected chi connectivity index (χ2v) is 16.2. The molecule has 2 aromatic carbocycles. The molecule has 0 saturated heterocycles. The number of Topliss-reactive ketones (excluding diaryl/α,β-unsaturated/α-hetero) is 1. The van der Waals surface area contributed by atoms with Gasteiger partial charge in [-0.3, -0.25) is 33.8 Å². The topological polar surface area (TPSA) is 313 Å². The first-order valence-corrected chi connectivity index (χ1v) is 21.0. The number of nitrogens with one attached hydrogen (secondary N) is 8. The van der Waals surface area contributed by atoms with Crippen molar-refractivity contribution < 1.29 is 28.8 Å². The van der Waals surface area contributed by atoms with Crippen molar-refractivity contribution in [1.82, 2.24) is 46.5 Å². The highest BCUT2D eigenvalue weighted by molar-refractivity contribution is 5.97. The van der Waals surface area contributed by atoms with Gasteiger partial charge in [-0.25, -0.2) is 4.98 Å². The number of fused-ring (bicyclic) bond motifs is 2. The number of guanidine groups is 1. The van der Waals surface area contributed by atoms with E-state index < -0.39 is 66.3 Å². The van der Waals surface area contributed by atoms with E-state index in [-0.39, 0.29) is 62.2 Å². The number of nitrogens with zero attached hydrogens (tertiary/aromatic N) is 2. The van der Waals surface area contributed by atoms with E-state index in [2.05, 4.69) is 51.5 Å². The Morgan fingerprint density at radius 2 is 1.27 bits per heavy atom. The fraction of sp³-hybridized carbons (Fsp3) is 0.409. The van der Waals surface area contributed by atoms with Gasteiger partial charge in [-0.05, 0) is 42.0 Å². The van der Waals surface area contributed by atoms with E-state index >= 15 is 0 Å². The van der Waals surface area contributed by atoms with Crippen LogP contribution in [0.3, 0.4) is 0 Å². The summed E-state index contributed by atoms with van der Waals surface area (Å²) in [6.07, 6.45) is 7.08. The van der Waals surface area contributed by atoms with Crippen LogP contribution in [0.25, 0.3) is 21.8 Å². The molecule has 19 nitrogen and oxygen atoms in total. The largest absolute Gasteiger partial charge is 0.370 e. The third kappa shape index (κ3) is 13.2.